The van der Waals surface area contributed by atoms with Crippen LogP contribution in [0.5, 0.6) is 11.5 Å². The van der Waals surface area contributed by atoms with E-state index in [9.17, 15) is 14.4 Å². The maximum atomic E-state index is 13.4. The fourth-order valence-corrected chi connectivity index (χ4v) is 4.69. The van der Waals surface area contributed by atoms with Crippen molar-refractivity contribution in [2.45, 2.75) is 18.4 Å². The van der Waals surface area contributed by atoms with Gasteiger partial charge in [0, 0.05) is 16.0 Å². The van der Waals surface area contributed by atoms with Crippen molar-refractivity contribution in [3.63, 3.8) is 0 Å². The van der Waals surface area contributed by atoms with E-state index in [0.717, 1.165) is 4.88 Å². The minimum atomic E-state index is -2.09. The Labute approximate surface area is 188 Å². The van der Waals surface area contributed by atoms with Crippen LogP contribution in [0.1, 0.15) is 33.6 Å². The lowest BCUT2D eigenvalue weighted by Crippen LogP contribution is -2.67. The van der Waals surface area contributed by atoms with Gasteiger partial charge < -0.3 is 19.5 Å². The van der Waals surface area contributed by atoms with E-state index in [1.807, 2.05) is 17.5 Å². The lowest BCUT2D eigenvalue weighted by Gasteiger charge is -2.40. The third kappa shape index (κ3) is 3.62. The molecule has 2 heterocycles. The van der Waals surface area contributed by atoms with Crippen LogP contribution in [0.4, 0.5) is 0 Å². The number of hydrogen-bond donors (Lipinski definition) is 1. The Morgan fingerprint density at radius 3 is 2.50 bits per heavy atom. The summed E-state index contributed by atoms with van der Waals surface area (Å²) in [7, 11) is 1.52. The van der Waals surface area contributed by atoms with Crippen LogP contribution < -0.4 is 14.8 Å². The molecule has 0 fully saturated rings. The van der Waals surface area contributed by atoms with E-state index in [-0.39, 0.29) is 12.2 Å². The van der Waals surface area contributed by atoms with Gasteiger partial charge in [0.2, 0.25) is 5.54 Å². The highest BCUT2D eigenvalue weighted by molar-refractivity contribution is 7.10. The Hall–Kier alpha value is -3.65. The summed E-state index contributed by atoms with van der Waals surface area (Å²) >= 11 is 1.38. The van der Waals surface area contributed by atoms with Gasteiger partial charge >= 0.3 is 11.9 Å². The SMILES string of the molecule is CCOC(=O)[C@@]1(NC(=O)c2ccc(OC)cc2)C(=O)Oc2ccccc2[C@H]1c1cccs1. The molecule has 1 amide bonds. The quantitative estimate of drug-likeness (QED) is 0.350. The molecule has 0 aliphatic carbocycles. The molecule has 1 aromatic heterocycles. The molecule has 1 aliphatic rings. The zero-order valence-corrected chi connectivity index (χ0v) is 18.3. The van der Waals surface area contributed by atoms with Crippen molar-refractivity contribution in [2.75, 3.05) is 13.7 Å². The van der Waals surface area contributed by atoms with Crippen LogP contribution >= 0.6 is 11.3 Å². The molecule has 2 aromatic carbocycles. The molecular formula is C24H21NO6S. The Morgan fingerprint density at radius 1 is 1.09 bits per heavy atom. The average Bonchev–Trinajstić information content (AvgIpc) is 3.34. The van der Waals surface area contributed by atoms with Gasteiger partial charge in [-0.1, -0.05) is 24.3 Å². The summed E-state index contributed by atoms with van der Waals surface area (Å²) in [5.41, 5.74) is -1.23. The predicted octanol–water partition coefficient (Wildman–Crippen LogP) is 3.54. The molecule has 0 saturated carbocycles. The molecule has 1 aliphatic heterocycles. The molecule has 1 N–H and O–H groups in total. The van der Waals surface area contributed by atoms with Crippen LogP contribution in [0.25, 0.3) is 0 Å². The number of fused-ring (bicyclic) bond motifs is 1. The fraction of sp³-hybridized carbons (Fsp3) is 0.208. The van der Waals surface area contributed by atoms with Gasteiger partial charge in [0.05, 0.1) is 19.6 Å². The van der Waals surface area contributed by atoms with Crippen molar-refractivity contribution in [3.05, 3.63) is 82.0 Å². The van der Waals surface area contributed by atoms with E-state index in [2.05, 4.69) is 5.32 Å². The number of hydrogen-bond acceptors (Lipinski definition) is 7. The molecule has 0 unspecified atom stereocenters. The normalized spacial score (nSPS) is 19.4. The third-order valence-corrected chi connectivity index (χ3v) is 6.21. The molecule has 3 aromatic rings. The van der Waals surface area contributed by atoms with Crippen molar-refractivity contribution in [1.82, 2.24) is 5.32 Å². The molecule has 7 nitrogen and oxygen atoms in total. The maximum absolute atomic E-state index is 13.4. The van der Waals surface area contributed by atoms with Crippen LogP contribution in [0.3, 0.4) is 0 Å². The molecule has 4 rings (SSSR count). The Balaban J connectivity index is 1.86. The zero-order valence-electron chi connectivity index (χ0n) is 17.5. The molecule has 0 bridgehead atoms. The van der Waals surface area contributed by atoms with Gasteiger partial charge in [0.1, 0.15) is 11.5 Å². The number of carbonyl (C=O) groups excluding carboxylic acids is 3. The molecule has 8 heteroatoms. The Morgan fingerprint density at radius 2 is 1.84 bits per heavy atom. The first-order valence-corrected chi connectivity index (χ1v) is 10.9. The van der Waals surface area contributed by atoms with E-state index < -0.39 is 29.3 Å². The molecule has 164 valence electrons. The van der Waals surface area contributed by atoms with Crippen LogP contribution in [0.15, 0.2) is 66.0 Å². The number of amides is 1. The van der Waals surface area contributed by atoms with Crippen molar-refractivity contribution < 1.29 is 28.6 Å². The zero-order chi connectivity index (χ0) is 22.7. The van der Waals surface area contributed by atoms with E-state index >= 15 is 0 Å². The van der Waals surface area contributed by atoms with Gasteiger partial charge in [-0.05, 0) is 48.7 Å². The minimum absolute atomic E-state index is 0.0328. The highest BCUT2D eigenvalue weighted by atomic mass is 32.1. The van der Waals surface area contributed by atoms with Gasteiger partial charge in [0.15, 0.2) is 0 Å². The molecule has 2 atom stereocenters. The largest absolute Gasteiger partial charge is 0.497 e. The van der Waals surface area contributed by atoms with Gasteiger partial charge in [-0.2, -0.15) is 0 Å². The summed E-state index contributed by atoms with van der Waals surface area (Å²) < 4.78 is 16.0. The highest BCUT2D eigenvalue weighted by Crippen LogP contribution is 2.46. The standard InChI is InChI=1S/C24H21NO6S/c1-3-30-22(27)24(25-21(26)15-10-12-16(29-2)13-11-15)20(19-9-6-14-32-19)17-7-4-5-8-18(17)31-23(24)28/h4-14,20H,3H2,1-2H3,(H,25,26)/t20-,24+/m0/s1. The smallest absolute Gasteiger partial charge is 0.350 e. The van der Waals surface area contributed by atoms with Crippen molar-refractivity contribution in [3.8, 4) is 11.5 Å². The number of methoxy groups -OCH3 is 1. The fourth-order valence-electron chi connectivity index (χ4n) is 3.78. The average molecular weight is 452 g/mol. The van der Waals surface area contributed by atoms with Crippen LogP contribution in [0, 0.1) is 0 Å². The number of ether oxygens (including phenoxy) is 3. The summed E-state index contributed by atoms with van der Waals surface area (Å²) in [6.45, 7) is 1.67. The number of nitrogens with one attached hydrogen (secondary N) is 1. The first-order chi connectivity index (χ1) is 15.5. The lowest BCUT2D eigenvalue weighted by molar-refractivity contribution is -0.163. The van der Waals surface area contributed by atoms with Crippen LogP contribution in [0.2, 0.25) is 0 Å². The predicted molar refractivity (Wildman–Crippen MR) is 118 cm³/mol. The van der Waals surface area contributed by atoms with Gasteiger partial charge in [-0.15, -0.1) is 11.3 Å². The van der Waals surface area contributed by atoms with Crippen LogP contribution in [-0.4, -0.2) is 37.1 Å². The number of carbonyl (C=O) groups is 3. The van der Waals surface area contributed by atoms with Crippen molar-refractivity contribution in [1.29, 1.82) is 0 Å². The maximum Gasteiger partial charge on any atom is 0.350 e. The molecule has 0 radical (unpaired) electrons. The van der Waals surface area contributed by atoms with Gasteiger partial charge in [-0.25, -0.2) is 9.59 Å². The van der Waals surface area contributed by atoms with E-state index in [0.29, 0.717) is 17.1 Å². The number of benzene rings is 2. The summed E-state index contributed by atoms with van der Waals surface area (Å²) in [6.07, 6.45) is 0. The highest BCUT2D eigenvalue weighted by Gasteiger charge is 2.61. The lowest BCUT2D eigenvalue weighted by atomic mass is 9.75. The number of esters is 2. The molecule has 0 spiro atoms. The van der Waals surface area contributed by atoms with E-state index in [1.165, 1.54) is 18.4 Å². The van der Waals surface area contributed by atoms with Crippen LogP contribution in [-0.2, 0) is 14.3 Å². The summed E-state index contributed by atoms with van der Waals surface area (Å²) in [6, 6.07) is 17.0. The first kappa shape index (κ1) is 21.6. The first-order valence-electron chi connectivity index (χ1n) is 9.99. The Kier molecular flexibility index (Phi) is 5.96. The second kappa shape index (κ2) is 8.84. The van der Waals surface area contributed by atoms with Crippen molar-refractivity contribution >= 4 is 29.2 Å². The molecule has 0 saturated heterocycles. The van der Waals surface area contributed by atoms with E-state index in [4.69, 9.17) is 14.2 Å². The Bertz CT molecular complexity index is 1140. The van der Waals surface area contributed by atoms with Crippen molar-refractivity contribution in [2.24, 2.45) is 0 Å². The second-order valence-corrected chi connectivity index (χ2v) is 8.07. The number of rotatable bonds is 6. The second-order valence-electron chi connectivity index (χ2n) is 7.09. The molecular weight excluding hydrogens is 430 g/mol. The van der Waals surface area contributed by atoms with Gasteiger partial charge in [-0.3, -0.25) is 4.79 Å². The third-order valence-electron chi connectivity index (χ3n) is 5.28. The minimum Gasteiger partial charge on any atom is -0.497 e. The van der Waals surface area contributed by atoms with E-state index in [1.54, 1.807) is 55.5 Å². The topological polar surface area (TPSA) is 90.9 Å². The molecule has 32 heavy (non-hydrogen) atoms. The number of para-hydroxylation sites is 1. The van der Waals surface area contributed by atoms with Gasteiger partial charge in [0.25, 0.3) is 5.91 Å². The monoisotopic (exact) mass is 451 g/mol. The summed E-state index contributed by atoms with van der Waals surface area (Å²) in [4.78, 5) is 40.7. The number of thiophene rings is 1. The summed E-state index contributed by atoms with van der Waals surface area (Å²) in [5.74, 6) is -2.28. The summed E-state index contributed by atoms with van der Waals surface area (Å²) in [5, 5.41) is 4.52.